The minimum Gasteiger partial charge on any atom is -0.463 e. The number of halogens is 1. The standard InChI is InChI=1S/C12H16BrN3O/c1-2-5-14-7-11-3-4-12(17-11)9-16-8-10(13)6-15-16/h3-4,6,8,14H,2,5,7,9H2,1H3. The molecule has 0 spiro atoms. The van der Waals surface area contributed by atoms with E-state index >= 15 is 0 Å². The summed E-state index contributed by atoms with van der Waals surface area (Å²) in [5, 5.41) is 7.50. The van der Waals surface area contributed by atoms with Crippen molar-refractivity contribution >= 4 is 15.9 Å². The number of furan rings is 1. The summed E-state index contributed by atoms with van der Waals surface area (Å²) in [6, 6.07) is 4.01. The quantitative estimate of drug-likeness (QED) is 0.834. The molecular formula is C12H16BrN3O. The number of rotatable bonds is 6. The zero-order valence-corrected chi connectivity index (χ0v) is 11.4. The maximum atomic E-state index is 5.70. The van der Waals surface area contributed by atoms with Crippen LogP contribution in [0.15, 0.2) is 33.4 Å². The van der Waals surface area contributed by atoms with E-state index in [-0.39, 0.29) is 0 Å². The van der Waals surface area contributed by atoms with Crippen molar-refractivity contribution in [2.24, 2.45) is 0 Å². The second-order valence-electron chi connectivity index (χ2n) is 3.90. The van der Waals surface area contributed by atoms with Crippen molar-refractivity contribution in [2.45, 2.75) is 26.4 Å². The fraction of sp³-hybridized carbons (Fsp3) is 0.417. The van der Waals surface area contributed by atoms with Crippen LogP contribution in [-0.2, 0) is 13.1 Å². The van der Waals surface area contributed by atoms with Crippen LogP contribution in [0.3, 0.4) is 0 Å². The Balaban J connectivity index is 1.89. The minimum absolute atomic E-state index is 0.666. The van der Waals surface area contributed by atoms with Gasteiger partial charge in [0.2, 0.25) is 0 Å². The Morgan fingerprint density at radius 3 is 2.94 bits per heavy atom. The van der Waals surface area contributed by atoms with E-state index in [0.29, 0.717) is 6.54 Å². The molecule has 4 nitrogen and oxygen atoms in total. The SMILES string of the molecule is CCCNCc1ccc(Cn2cc(Br)cn2)o1. The third kappa shape index (κ3) is 3.71. The zero-order chi connectivity index (χ0) is 12.1. The maximum Gasteiger partial charge on any atom is 0.125 e. The van der Waals surface area contributed by atoms with Crippen molar-refractivity contribution in [1.29, 1.82) is 0 Å². The van der Waals surface area contributed by atoms with Gasteiger partial charge in [-0.3, -0.25) is 4.68 Å². The first-order valence-electron chi connectivity index (χ1n) is 5.74. The monoisotopic (exact) mass is 297 g/mol. The first-order valence-corrected chi connectivity index (χ1v) is 6.53. The molecule has 2 aromatic rings. The minimum atomic E-state index is 0.666. The Morgan fingerprint density at radius 2 is 2.24 bits per heavy atom. The lowest BCUT2D eigenvalue weighted by molar-refractivity contribution is 0.430. The van der Waals surface area contributed by atoms with Gasteiger partial charge in [0.25, 0.3) is 0 Å². The fourth-order valence-electron chi connectivity index (χ4n) is 1.58. The van der Waals surface area contributed by atoms with Crippen LogP contribution in [0.25, 0.3) is 0 Å². The Morgan fingerprint density at radius 1 is 1.41 bits per heavy atom. The molecule has 2 rings (SSSR count). The van der Waals surface area contributed by atoms with Gasteiger partial charge in [-0.05, 0) is 41.0 Å². The number of nitrogens with zero attached hydrogens (tertiary/aromatic N) is 2. The van der Waals surface area contributed by atoms with Crippen LogP contribution in [-0.4, -0.2) is 16.3 Å². The van der Waals surface area contributed by atoms with Crippen LogP contribution < -0.4 is 5.32 Å². The summed E-state index contributed by atoms with van der Waals surface area (Å²) < 4.78 is 8.52. The molecule has 1 N–H and O–H groups in total. The van der Waals surface area contributed by atoms with Crippen LogP contribution in [0.5, 0.6) is 0 Å². The molecule has 2 heterocycles. The molecule has 5 heteroatoms. The molecule has 0 aliphatic carbocycles. The Bertz CT molecular complexity index is 464. The number of aromatic nitrogens is 2. The highest BCUT2D eigenvalue weighted by atomic mass is 79.9. The summed E-state index contributed by atoms with van der Waals surface area (Å²) in [7, 11) is 0. The molecule has 0 aromatic carbocycles. The van der Waals surface area contributed by atoms with Gasteiger partial charge in [-0.15, -0.1) is 0 Å². The topological polar surface area (TPSA) is 43.0 Å². The third-order valence-electron chi connectivity index (χ3n) is 2.36. The van der Waals surface area contributed by atoms with Gasteiger partial charge >= 0.3 is 0 Å². The van der Waals surface area contributed by atoms with Gasteiger partial charge in [-0.25, -0.2) is 0 Å². The van der Waals surface area contributed by atoms with Gasteiger partial charge in [0.15, 0.2) is 0 Å². The van der Waals surface area contributed by atoms with E-state index in [9.17, 15) is 0 Å². The average molecular weight is 298 g/mol. The van der Waals surface area contributed by atoms with Crippen LogP contribution in [0.1, 0.15) is 24.9 Å². The lowest BCUT2D eigenvalue weighted by Crippen LogP contribution is -2.13. The predicted molar refractivity (Wildman–Crippen MR) is 69.7 cm³/mol. The first-order chi connectivity index (χ1) is 8.28. The smallest absolute Gasteiger partial charge is 0.125 e. The zero-order valence-electron chi connectivity index (χ0n) is 9.82. The van der Waals surface area contributed by atoms with Crippen molar-refractivity contribution in [3.8, 4) is 0 Å². The molecule has 0 aliphatic rings. The first kappa shape index (κ1) is 12.4. The summed E-state index contributed by atoms with van der Waals surface area (Å²) in [5.41, 5.74) is 0. The molecular weight excluding hydrogens is 282 g/mol. The molecule has 17 heavy (non-hydrogen) atoms. The van der Waals surface area contributed by atoms with Crippen molar-refractivity contribution < 1.29 is 4.42 Å². The highest BCUT2D eigenvalue weighted by Crippen LogP contribution is 2.11. The second kappa shape index (κ2) is 6.02. The third-order valence-corrected chi connectivity index (χ3v) is 2.77. The number of hydrogen-bond acceptors (Lipinski definition) is 3. The molecule has 2 aromatic heterocycles. The fourth-order valence-corrected chi connectivity index (χ4v) is 1.90. The summed E-state index contributed by atoms with van der Waals surface area (Å²) >= 11 is 3.37. The highest BCUT2D eigenvalue weighted by Gasteiger charge is 2.03. The van der Waals surface area contributed by atoms with Gasteiger partial charge in [-0.1, -0.05) is 6.92 Å². The summed E-state index contributed by atoms with van der Waals surface area (Å²) in [5.74, 6) is 1.90. The lowest BCUT2D eigenvalue weighted by Gasteiger charge is -2.00. The highest BCUT2D eigenvalue weighted by molar-refractivity contribution is 9.10. The molecule has 92 valence electrons. The van der Waals surface area contributed by atoms with E-state index in [0.717, 1.165) is 35.5 Å². The molecule has 0 aliphatic heterocycles. The van der Waals surface area contributed by atoms with Crippen LogP contribution in [0, 0.1) is 0 Å². The molecule has 0 saturated heterocycles. The van der Waals surface area contributed by atoms with E-state index in [1.807, 2.05) is 23.0 Å². The summed E-state index contributed by atoms with van der Waals surface area (Å²) in [6.07, 6.45) is 4.83. The molecule has 0 amide bonds. The van der Waals surface area contributed by atoms with E-state index in [4.69, 9.17) is 4.42 Å². The van der Waals surface area contributed by atoms with Crippen LogP contribution in [0.4, 0.5) is 0 Å². The van der Waals surface area contributed by atoms with Gasteiger partial charge < -0.3 is 9.73 Å². The largest absolute Gasteiger partial charge is 0.463 e. The van der Waals surface area contributed by atoms with Gasteiger partial charge in [0.1, 0.15) is 11.5 Å². The average Bonchev–Trinajstić information content (AvgIpc) is 2.90. The molecule has 0 fully saturated rings. The molecule has 0 atom stereocenters. The van der Waals surface area contributed by atoms with Gasteiger partial charge in [-0.2, -0.15) is 5.10 Å². The Labute approximate surface area is 109 Å². The second-order valence-corrected chi connectivity index (χ2v) is 4.82. The molecule has 0 bridgehead atoms. The molecule has 0 saturated carbocycles. The van der Waals surface area contributed by atoms with E-state index < -0.39 is 0 Å². The maximum absolute atomic E-state index is 5.70. The normalized spacial score (nSPS) is 10.9. The van der Waals surface area contributed by atoms with Crippen molar-refractivity contribution in [1.82, 2.24) is 15.1 Å². The van der Waals surface area contributed by atoms with Gasteiger partial charge in [0, 0.05) is 6.20 Å². The lowest BCUT2D eigenvalue weighted by atomic mass is 10.4. The Hall–Kier alpha value is -1.07. The number of nitrogens with one attached hydrogen (secondary N) is 1. The van der Waals surface area contributed by atoms with E-state index in [1.54, 1.807) is 6.20 Å². The summed E-state index contributed by atoms with van der Waals surface area (Å²) in [6.45, 7) is 4.62. The van der Waals surface area contributed by atoms with Crippen LogP contribution >= 0.6 is 15.9 Å². The summed E-state index contributed by atoms with van der Waals surface area (Å²) in [4.78, 5) is 0. The molecule has 0 radical (unpaired) electrons. The number of hydrogen-bond donors (Lipinski definition) is 1. The van der Waals surface area contributed by atoms with Crippen molar-refractivity contribution in [3.63, 3.8) is 0 Å². The Kier molecular flexibility index (Phi) is 4.39. The van der Waals surface area contributed by atoms with Gasteiger partial charge in [0.05, 0.1) is 23.8 Å². The molecule has 0 unspecified atom stereocenters. The van der Waals surface area contributed by atoms with Crippen LogP contribution in [0.2, 0.25) is 0 Å². The van der Waals surface area contributed by atoms with E-state index in [1.165, 1.54) is 0 Å². The predicted octanol–water partition coefficient (Wildman–Crippen LogP) is 2.79. The van der Waals surface area contributed by atoms with E-state index in [2.05, 4.69) is 33.3 Å². The van der Waals surface area contributed by atoms with Crippen molar-refractivity contribution in [3.05, 3.63) is 40.5 Å². The van der Waals surface area contributed by atoms with Crippen molar-refractivity contribution in [2.75, 3.05) is 6.54 Å².